The van der Waals surface area contributed by atoms with Gasteiger partial charge in [0.25, 0.3) is 0 Å². The van der Waals surface area contributed by atoms with Gasteiger partial charge in [0.1, 0.15) is 5.75 Å². The highest BCUT2D eigenvalue weighted by molar-refractivity contribution is 5.35. The van der Waals surface area contributed by atoms with E-state index in [1.807, 2.05) is 31.2 Å². The van der Waals surface area contributed by atoms with Crippen molar-refractivity contribution in [1.29, 1.82) is 0 Å². The standard InChI is InChI=1S/C17H27NO2/c1-4-20-17-8-6-5-7-15(17)16(19)12-18(11-13(2)3)14-9-10-14/h5-8,13-14,16,19H,4,9-12H2,1-3H3. The number of hydrogen-bond donors (Lipinski definition) is 1. The van der Waals surface area contributed by atoms with E-state index in [0.717, 1.165) is 17.9 Å². The lowest BCUT2D eigenvalue weighted by atomic mass is 10.1. The molecule has 3 nitrogen and oxygen atoms in total. The van der Waals surface area contributed by atoms with Crippen LogP contribution < -0.4 is 4.74 Å². The Morgan fingerprint density at radius 1 is 1.25 bits per heavy atom. The van der Waals surface area contributed by atoms with Gasteiger partial charge in [0.2, 0.25) is 0 Å². The van der Waals surface area contributed by atoms with E-state index < -0.39 is 6.10 Å². The normalized spacial score (nSPS) is 16.7. The quantitative estimate of drug-likeness (QED) is 0.792. The summed E-state index contributed by atoms with van der Waals surface area (Å²) in [6, 6.07) is 8.49. The van der Waals surface area contributed by atoms with E-state index in [2.05, 4.69) is 18.7 Å². The van der Waals surface area contributed by atoms with Crippen molar-refractivity contribution in [3.8, 4) is 5.75 Å². The van der Waals surface area contributed by atoms with Gasteiger partial charge in [-0.05, 0) is 31.7 Å². The number of para-hydroxylation sites is 1. The van der Waals surface area contributed by atoms with Gasteiger partial charge >= 0.3 is 0 Å². The van der Waals surface area contributed by atoms with Crippen LogP contribution in [0.4, 0.5) is 0 Å². The van der Waals surface area contributed by atoms with E-state index >= 15 is 0 Å². The highest BCUT2D eigenvalue weighted by atomic mass is 16.5. The molecule has 0 amide bonds. The molecule has 2 rings (SSSR count). The maximum Gasteiger partial charge on any atom is 0.125 e. The number of ether oxygens (including phenoxy) is 1. The molecule has 0 saturated heterocycles. The minimum Gasteiger partial charge on any atom is -0.493 e. The van der Waals surface area contributed by atoms with Gasteiger partial charge < -0.3 is 9.84 Å². The van der Waals surface area contributed by atoms with Crippen molar-refractivity contribution in [3.63, 3.8) is 0 Å². The van der Waals surface area contributed by atoms with Crippen LogP contribution >= 0.6 is 0 Å². The predicted molar refractivity (Wildman–Crippen MR) is 82.0 cm³/mol. The van der Waals surface area contributed by atoms with Crippen LogP contribution in [0.1, 0.15) is 45.3 Å². The van der Waals surface area contributed by atoms with E-state index in [4.69, 9.17) is 4.74 Å². The first kappa shape index (κ1) is 15.3. The third-order valence-electron chi connectivity index (χ3n) is 3.65. The van der Waals surface area contributed by atoms with E-state index in [0.29, 0.717) is 25.1 Å². The molecule has 1 unspecified atom stereocenters. The fourth-order valence-corrected chi connectivity index (χ4v) is 2.64. The van der Waals surface area contributed by atoms with E-state index in [1.54, 1.807) is 0 Å². The fourth-order valence-electron chi connectivity index (χ4n) is 2.64. The molecule has 1 aliphatic rings. The summed E-state index contributed by atoms with van der Waals surface area (Å²) in [5, 5.41) is 10.6. The van der Waals surface area contributed by atoms with Crippen molar-refractivity contribution < 1.29 is 9.84 Å². The summed E-state index contributed by atoms with van der Waals surface area (Å²) >= 11 is 0. The largest absolute Gasteiger partial charge is 0.493 e. The molecular formula is C17H27NO2. The Balaban J connectivity index is 2.04. The summed E-state index contributed by atoms with van der Waals surface area (Å²) in [5.74, 6) is 1.44. The summed E-state index contributed by atoms with van der Waals surface area (Å²) < 4.78 is 5.62. The summed E-state index contributed by atoms with van der Waals surface area (Å²) in [6.07, 6.45) is 2.07. The zero-order valence-electron chi connectivity index (χ0n) is 12.9. The molecule has 20 heavy (non-hydrogen) atoms. The number of rotatable bonds is 8. The van der Waals surface area contributed by atoms with Crippen LogP contribution in [0.5, 0.6) is 5.75 Å². The first-order valence-corrected chi connectivity index (χ1v) is 7.75. The van der Waals surface area contributed by atoms with Crippen molar-refractivity contribution in [3.05, 3.63) is 29.8 Å². The van der Waals surface area contributed by atoms with Gasteiger partial charge in [0.15, 0.2) is 0 Å². The molecule has 1 N–H and O–H groups in total. The second-order valence-corrected chi connectivity index (χ2v) is 6.07. The van der Waals surface area contributed by atoms with Crippen molar-refractivity contribution in [1.82, 2.24) is 4.90 Å². The Morgan fingerprint density at radius 3 is 2.55 bits per heavy atom. The summed E-state index contributed by atoms with van der Waals surface area (Å²) in [7, 11) is 0. The lowest BCUT2D eigenvalue weighted by Crippen LogP contribution is -2.34. The third kappa shape index (κ3) is 4.22. The van der Waals surface area contributed by atoms with Gasteiger partial charge in [-0.1, -0.05) is 32.0 Å². The molecule has 1 fully saturated rings. The van der Waals surface area contributed by atoms with Crippen molar-refractivity contribution in [2.24, 2.45) is 5.92 Å². The first-order chi connectivity index (χ1) is 9.61. The van der Waals surface area contributed by atoms with Crippen LogP contribution in [-0.2, 0) is 0 Å². The maximum absolute atomic E-state index is 10.6. The Hall–Kier alpha value is -1.06. The van der Waals surface area contributed by atoms with Crippen LogP contribution in [0.3, 0.4) is 0 Å². The molecule has 0 aromatic heterocycles. The molecule has 0 aliphatic heterocycles. The minimum absolute atomic E-state index is 0.475. The number of aliphatic hydroxyl groups excluding tert-OH is 1. The lowest BCUT2D eigenvalue weighted by molar-refractivity contribution is 0.0987. The van der Waals surface area contributed by atoms with Gasteiger partial charge in [-0.15, -0.1) is 0 Å². The fraction of sp³-hybridized carbons (Fsp3) is 0.647. The summed E-state index contributed by atoms with van der Waals surface area (Å²) in [4.78, 5) is 2.43. The number of aliphatic hydroxyl groups is 1. The zero-order chi connectivity index (χ0) is 14.5. The van der Waals surface area contributed by atoms with E-state index in [9.17, 15) is 5.11 Å². The second kappa shape index (κ2) is 7.09. The highest BCUT2D eigenvalue weighted by Crippen LogP contribution is 2.31. The third-order valence-corrected chi connectivity index (χ3v) is 3.65. The summed E-state index contributed by atoms with van der Waals surface area (Å²) in [6.45, 7) is 8.82. The van der Waals surface area contributed by atoms with Crippen LogP contribution in [0.15, 0.2) is 24.3 Å². The SMILES string of the molecule is CCOc1ccccc1C(O)CN(CC(C)C)C1CC1. The van der Waals surface area contributed by atoms with Gasteiger partial charge in [0.05, 0.1) is 12.7 Å². The molecule has 1 aromatic rings. The van der Waals surface area contributed by atoms with E-state index in [1.165, 1.54) is 12.8 Å². The topological polar surface area (TPSA) is 32.7 Å². The molecule has 0 radical (unpaired) electrons. The average Bonchev–Trinajstić information content (AvgIpc) is 3.22. The minimum atomic E-state index is -0.475. The van der Waals surface area contributed by atoms with Crippen molar-refractivity contribution >= 4 is 0 Å². The van der Waals surface area contributed by atoms with E-state index in [-0.39, 0.29) is 0 Å². The molecular weight excluding hydrogens is 250 g/mol. The molecule has 112 valence electrons. The van der Waals surface area contributed by atoms with Gasteiger partial charge in [-0.3, -0.25) is 4.90 Å². The zero-order valence-corrected chi connectivity index (χ0v) is 12.9. The Bertz CT molecular complexity index is 415. The van der Waals surface area contributed by atoms with Crippen molar-refractivity contribution in [2.45, 2.75) is 45.8 Å². The molecule has 1 aliphatic carbocycles. The van der Waals surface area contributed by atoms with Crippen LogP contribution in [-0.4, -0.2) is 35.7 Å². The van der Waals surface area contributed by atoms with Crippen molar-refractivity contribution in [2.75, 3.05) is 19.7 Å². The number of nitrogens with zero attached hydrogens (tertiary/aromatic N) is 1. The van der Waals surface area contributed by atoms with Gasteiger partial charge in [0, 0.05) is 24.7 Å². The predicted octanol–water partition coefficient (Wildman–Crippen LogP) is 3.24. The smallest absolute Gasteiger partial charge is 0.125 e. The van der Waals surface area contributed by atoms with Crippen LogP contribution in [0.25, 0.3) is 0 Å². The lowest BCUT2D eigenvalue weighted by Gasteiger charge is -2.27. The Labute approximate surface area is 122 Å². The average molecular weight is 277 g/mol. The van der Waals surface area contributed by atoms with Crippen LogP contribution in [0.2, 0.25) is 0 Å². The number of benzene rings is 1. The van der Waals surface area contributed by atoms with Gasteiger partial charge in [-0.2, -0.15) is 0 Å². The maximum atomic E-state index is 10.6. The molecule has 1 aromatic carbocycles. The number of hydrogen-bond acceptors (Lipinski definition) is 3. The Morgan fingerprint density at radius 2 is 1.95 bits per heavy atom. The van der Waals surface area contributed by atoms with Crippen LogP contribution in [0, 0.1) is 5.92 Å². The molecule has 0 heterocycles. The molecule has 3 heteroatoms. The molecule has 1 saturated carbocycles. The second-order valence-electron chi connectivity index (χ2n) is 6.07. The highest BCUT2D eigenvalue weighted by Gasteiger charge is 2.31. The Kier molecular flexibility index (Phi) is 5.44. The molecule has 1 atom stereocenters. The first-order valence-electron chi connectivity index (χ1n) is 7.75. The summed E-state index contributed by atoms with van der Waals surface area (Å²) in [5.41, 5.74) is 0.906. The monoisotopic (exact) mass is 277 g/mol. The van der Waals surface area contributed by atoms with Gasteiger partial charge in [-0.25, -0.2) is 0 Å². The molecule has 0 spiro atoms. The molecule has 0 bridgehead atoms.